The van der Waals surface area contributed by atoms with Crippen molar-refractivity contribution < 1.29 is 9.59 Å². The van der Waals surface area contributed by atoms with E-state index in [1.165, 1.54) is 5.56 Å². The number of amides is 2. The number of hydrogen-bond donors (Lipinski definition) is 3. The molecule has 4 N–H and O–H groups in total. The molecule has 0 aromatic heterocycles. The summed E-state index contributed by atoms with van der Waals surface area (Å²) in [5.74, 6) is -0.0924. The third kappa shape index (κ3) is 4.84. The number of rotatable bonds is 7. The van der Waals surface area contributed by atoms with Crippen molar-refractivity contribution in [1.29, 1.82) is 0 Å². The number of carbonyl (C=O) groups excluding carboxylic acids is 2. The first-order valence-corrected chi connectivity index (χ1v) is 8.03. The quantitative estimate of drug-likeness (QED) is 0.730. The van der Waals surface area contributed by atoms with Crippen molar-refractivity contribution in [3.05, 3.63) is 59.7 Å². The van der Waals surface area contributed by atoms with E-state index in [4.69, 9.17) is 5.73 Å². The predicted octanol–water partition coefficient (Wildman–Crippen LogP) is 3.35. The number of benzene rings is 2. The Hall–Kier alpha value is -2.82. The number of anilines is 2. The minimum absolute atomic E-state index is 0.134. The maximum atomic E-state index is 12.0. The number of nitrogens with one attached hydrogen (secondary N) is 2. The van der Waals surface area contributed by atoms with Crippen LogP contribution in [0.2, 0.25) is 0 Å². The Morgan fingerprint density at radius 3 is 2.12 bits per heavy atom. The summed E-state index contributed by atoms with van der Waals surface area (Å²) < 4.78 is 0. The molecule has 0 saturated heterocycles. The lowest BCUT2D eigenvalue weighted by molar-refractivity contribution is -0.114. The van der Waals surface area contributed by atoms with E-state index in [0.717, 1.165) is 17.8 Å². The van der Waals surface area contributed by atoms with E-state index < -0.39 is 5.91 Å². The lowest BCUT2D eigenvalue weighted by Crippen LogP contribution is -2.21. The van der Waals surface area contributed by atoms with Gasteiger partial charge in [0.2, 0.25) is 11.8 Å². The van der Waals surface area contributed by atoms with Gasteiger partial charge in [-0.15, -0.1) is 0 Å². The molecule has 2 aromatic carbocycles. The van der Waals surface area contributed by atoms with Gasteiger partial charge in [-0.05, 0) is 54.3 Å². The Kier molecular flexibility index (Phi) is 5.95. The molecule has 0 heterocycles. The van der Waals surface area contributed by atoms with E-state index in [-0.39, 0.29) is 12.5 Å². The van der Waals surface area contributed by atoms with E-state index in [9.17, 15) is 9.59 Å². The van der Waals surface area contributed by atoms with Crippen molar-refractivity contribution in [1.82, 2.24) is 0 Å². The molecule has 5 nitrogen and oxygen atoms in total. The van der Waals surface area contributed by atoms with Gasteiger partial charge in [0, 0.05) is 16.9 Å². The number of primary amides is 1. The maximum Gasteiger partial charge on any atom is 0.248 e. The SMILES string of the molecule is CCC(C)c1ccc(NC(=O)CNc2ccc(C(N)=O)cc2)cc1. The lowest BCUT2D eigenvalue weighted by Gasteiger charge is -2.11. The Morgan fingerprint density at radius 1 is 1.00 bits per heavy atom. The third-order valence-corrected chi connectivity index (χ3v) is 4.00. The summed E-state index contributed by atoms with van der Waals surface area (Å²) in [6.45, 7) is 4.48. The predicted molar refractivity (Wildman–Crippen MR) is 97.2 cm³/mol. The molecular formula is C19H23N3O2. The van der Waals surface area contributed by atoms with Crippen LogP contribution in [0.4, 0.5) is 11.4 Å². The fraction of sp³-hybridized carbons (Fsp3) is 0.263. The van der Waals surface area contributed by atoms with Gasteiger partial charge in [-0.2, -0.15) is 0 Å². The van der Waals surface area contributed by atoms with E-state index in [1.807, 2.05) is 24.3 Å². The average Bonchev–Trinajstić information content (AvgIpc) is 2.60. The molecule has 2 rings (SSSR count). The van der Waals surface area contributed by atoms with E-state index in [2.05, 4.69) is 24.5 Å². The van der Waals surface area contributed by atoms with Gasteiger partial charge in [0.15, 0.2) is 0 Å². The van der Waals surface area contributed by atoms with Gasteiger partial charge in [0.05, 0.1) is 6.54 Å². The van der Waals surface area contributed by atoms with Crippen LogP contribution in [0.15, 0.2) is 48.5 Å². The van der Waals surface area contributed by atoms with Crippen LogP contribution in [0.5, 0.6) is 0 Å². The van der Waals surface area contributed by atoms with E-state index >= 15 is 0 Å². The Morgan fingerprint density at radius 2 is 1.58 bits per heavy atom. The molecule has 1 atom stereocenters. The standard InChI is InChI=1S/C19H23N3O2/c1-3-13(2)14-4-10-17(11-5-14)22-18(23)12-21-16-8-6-15(7-9-16)19(20)24/h4-11,13,21H,3,12H2,1-2H3,(H2,20,24)(H,22,23). The van der Waals surface area contributed by atoms with Crippen LogP contribution < -0.4 is 16.4 Å². The summed E-state index contributed by atoms with van der Waals surface area (Å²) in [5.41, 5.74) is 8.42. The van der Waals surface area contributed by atoms with Crippen LogP contribution in [0.25, 0.3) is 0 Å². The molecule has 0 aliphatic carbocycles. The molecule has 0 radical (unpaired) electrons. The number of carbonyl (C=O) groups is 2. The molecule has 24 heavy (non-hydrogen) atoms. The van der Waals surface area contributed by atoms with Crippen LogP contribution in [0, 0.1) is 0 Å². The molecule has 0 spiro atoms. The van der Waals surface area contributed by atoms with Crippen molar-refractivity contribution in [2.45, 2.75) is 26.2 Å². The smallest absolute Gasteiger partial charge is 0.248 e. The second kappa shape index (κ2) is 8.15. The fourth-order valence-electron chi connectivity index (χ4n) is 2.27. The zero-order valence-corrected chi connectivity index (χ0v) is 14.0. The molecule has 0 fully saturated rings. The van der Waals surface area contributed by atoms with Crippen LogP contribution in [-0.4, -0.2) is 18.4 Å². The number of nitrogens with two attached hydrogens (primary N) is 1. The summed E-state index contributed by atoms with van der Waals surface area (Å²) in [4.78, 5) is 23.0. The molecular weight excluding hydrogens is 302 g/mol. The Labute approximate surface area is 142 Å². The van der Waals surface area contributed by atoms with Crippen molar-refractivity contribution in [2.24, 2.45) is 5.73 Å². The highest BCUT2D eigenvalue weighted by Gasteiger charge is 2.05. The average molecular weight is 325 g/mol. The first-order valence-electron chi connectivity index (χ1n) is 8.03. The largest absolute Gasteiger partial charge is 0.376 e. The molecule has 5 heteroatoms. The lowest BCUT2D eigenvalue weighted by atomic mass is 9.99. The van der Waals surface area contributed by atoms with Crippen molar-refractivity contribution in [2.75, 3.05) is 17.2 Å². The first kappa shape index (κ1) is 17.5. The van der Waals surface area contributed by atoms with Crippen LogP contribution in [0.1, 0.15) is 42.1 Å². The first-order chi connectivity index (χ1) is 11.5. The van der Waals surface area contributed by atoms with Gasteiger partial charge in [-0.3, -0.25) is 9.59 Å². The minimum Gasteiger partial charge on any atom is -0.376 e. The Bertz CT molecular complexity index is 694. The fourth-order valence-corrected chi connectivity index (χ4v) is 2.27. The number of hydrogen-bond acceptors (Lipinski definition) is 3. The summed E-state index contributed by atoms with van der Waals surface area (Å²) in [5, 5.41) is 5.86. The molecule has 0 aliphatic heterocycles. The molecule has 2 aromatic rings. The van der Waals surface area contributed by atoms with Crippen LogP contribution in [0.3, 0.4) is 0 Å². The van der Waals surface area contributed by atoms with E-state index in [1.54, 1.807) is 24.3 Å². The maximum absolute atomic E-state index is 12.0. The van der Waals surface area contributed by atoms with Gasteiger partial charge in [0.25, 0.3) is 0 Å². The van der Waals surface area contributed by atoms with Gasteiger partial charge >= 0.3 is 0 Å². The topological polar surface area (TPSA) is 84.2 Å². The summed E-state index contributed by atoms with van der Waals surface area (Å²) >= 11 is 0. The van der Waals surface area contributed by atoms with Crippen molar-refractivity contribution in [3.63, 3.8) is 0 Å². The molecule has 0 bridgehead atoms. The summed E-state index contributed by atoms with van der Waals surface area (Å²) in [6.07, 6.45) is 1.09. The van der Waals surface area contributed by atoms with E-state index in [0.29, 0.717) is 11.5 Å². The van der Waals surface area contributed by atoms with Gasteiger partial charge in [-0.1, -0.05) is 26.0 Å². The normalized spacial score (nSPS) is 11.6. The van der Waals surface area contributed by atoms with Crippen LogP contribution in [-0.2, 0) is 4.79 Å². The highest BCUT2D eigenvalue weighted by atomic mass is 16.2. The minimum atomic E-state index is -0.472. The summed E-state index contributed by atoms with van der Waals surface area (Å²) in [6, 6.07) is 14.6. The zero-order valence-electron chi connectivity index (χ0n) is 14.0. The summed E-state index contributed by atoms with van der Waals surface area (Å²) in [7, 11) is 0. The van der Waals surface area contributed by atoms with Gasteiger partial charge in [0.1, 0.15) is 0 Å². The second-order valence-electron chi connectivity index (χ2n) is 5.77. The molecule has 0 saturated carbocycles. The molecule has 2 amide bonds. The highest BCUT2D eigenvalue weighted by Crippen LogP contribution is 2.20. The monoisotopic (exact) mass is 325 g/mol. The molecule has 1 unspecified atom stereocenters. The van der Waals surface area contributed by atoms with Gasteiger partial charge < -0.3 is 16.4 Å². The zero-order chi connectivity index (χ0) is 17.5. The van der Waals surface area contributed by atoms with Crippen LogP contribution >= 0.6 is 0 Å². The van der Waals surface area contributed by atoms with Gasteiger partial charge in [-0.25, -0.2) is 0 Å². The van der Waals surface area contributed by atoms with Crippen molar-refractivity contribution >= 4 is 23.2 Å². The second-order valence-corrected chi connectivity index (χ2v) is 5.77. The molecule has 126 valence electrons. The third-order valence-electron chi connectivity index (χ3n) is 4.00. The Balaban J connectivity index is 1.85. The molecule has 0 aliphatic rings. The van der Waals surface area contributed by atoms with Crippen molar-refractivity contribution in [3.8, 4) is 0 Å². The highest BCUT2D eigenvalue weighted by molar-refractivity contribution is 5.94.